The Labute approximate surface area is 114 Å². The SMILES string of the molecule is COC1C(C(C)C(=O)c2ccccc2)=CC(C)=C1C. The minimum atomic E-state index is -0.153. The van der Waals surface area contributed by atoms with Gasteiger partial charge in [0.1, 0.15) is 6.10 Å². The highest BCUT2D eigenvalue weighted by molar-refractivity contribution is 5.99. The van der Waals surface area contributed by atoms with Gasteiger partial charge in [0.05, 0.1) is 0 Å². The Kier molecular flexibility index (Phi) is 4.01. The first-order valence-electron chi connectivity index (χ1n) is 6.57. The molecule has 0 saturated carbocycles. The van der Waals surface area contributed by atoms with E-state index in [-0.39, 0.29) is 17.8 Å². The second-order valence-electron chi connectivity index (χ2n) is 5.08. The summed E-state index contributed by atoms with van der Waals surface area (Å²) in [7, 11) is 1.69. The van der Waals surface area contributed by atoms with Crippen LogP contribution in [0.2, 0.25) is 0 Å². The van der Waals surface area contributed by atoms with Crippen molar-refractivity contribution < 1.29 is 9.53 Å². The van der Waals surface area contributed by atoms with Crippen molar-refractivity contribution in [1.82, 2.24) is 0 Å². The van der Waals surface area contributed by atoms with Gasteiger partial charge in [0.2, 0.25) is 0 Å². The lowest BCUT2D eigenvalue weighted by Gasteiger charge is -2.20. The fourth-order valence-electron chi connectivity index (χ4n) is 2.57. The van der Waals surface area contributed by atoms with Crippen LogP contribution >= 0.6 is 0 Å². The number of allylic oxidation sites excluding steroid dienone is 2. The molecule has 0 bridgehead atoms. The molecule has 19 heavy (non-hydrogen) atoms. The van der Waals surface area contributed by atoms with Crippen molar-refractivity contribution >= 4 is 5.78 Å². The zero-order chi connectivity index (χ0) is 14.0. The third-order valence-electron chi connectivity index (χ3n) is 3.89. The van der Waals surface area contributed by atoms with Gasteiger partial charge in [-0.3, -0.25) is 4.79 Å². The van der Waals surface area contributed by atoms with Crippen LogP contribution in [0.25, 0.3) is 0 Å². The lowest BCUT2D eigenvalue weighted by molar-refractivity contribution is 0.0919. The molecular formula is C17H20O2. The Morgan fingerprint density at radius 1 is 1.21 bits per heavy atom. The van der Waals surface area contributed by atoms with E-state index in [1.54, 1.807) is 7.11 Å². The van der Waals surface area contributed by atoms with Gasteiger partial charge in [0.15, 0.2) is 5.78 Å². The highest BCUT2D eigenvalue weighted by Gasteiger charge is 2.30. The number of rotatable bonds is 4. The summed E-state index contributed by atoms with van der Waals surface area (Å²) in [6.07, 6.45) is 2.04. The maximum absolute atomic E-state index is 12.5. The number of carbonyl (C=O) groups is 1. The van der Waals surface area contributed by atoms with Gasteiger partial charge in [0, 0.05) is 18.6 Å². The molecule has 0 aliphatic heterocycles. The van der Waals surface area contributed by atoms with E-state index in [0.717, 1.165) is 11.1 Å². The van der Waals surface area contributed by atoms with Crippen LogP contribution in [0.3, 0.4) is 0 Å². The third kappa shape index (κ3) is 2.54. The molecule has 0 aromatic heterocycles. The fraction of sp³-hybridized carbons (Fsp3) is 0.353. The molecule has 0 N–H and O–H groups in total. The third-order valence-corrected chi connectivity index (χ3v) is 3.89. The first-order valence-corrected chi connectivity index (χ1v) is 6.57. The van der Waals surface area contributed by atoms with Crippen molar-refractivity contribution in [1.29, 1.82) is 0 Å². The highest BCUT2D eigenvalue weighted by atomic mass is 16.5. The molecule has 0 spiro atoms. The van der Waals surface area contributed by atoms with E-state index < -0.39 is 0 Å². The van der Waals surface area contributed by atoms with Crippen LogP contribution in [-0.2, 0) is 4.74 Å². The summed E-state index contributed by atoms with van der Waals surface area (Å²) in [4.78, 5) is 12.5. The molecule has 1 aromatic rings. The lowest BCUT2D eigenvalue weighted by Crippen LogP contribution is -2.23. The average Bonchev–Trinajstić information content (AvgIpc) is 2.73. The Bertz CT molecular complexity index is 538. The minimum Gasteiger partial charge on any atom is -0.373 e. The first kappa shape index (κ1) is 13.8. The monoisotopic (exact) mass is 256 g/mol. The number of hydrogen-bond donors (Lipinski definition) is 0. The first-order chi connectivity index (χ1) is 9.06. The minimum absolute atomic E-state index is 0.0531. The topological polar surface area (TPSA) is 26.3 Å². The number of methoxy groups -OCH3 is 1. The van der Waals surface area contributed by atoms with Gasteiger partial charge in [-0.15, -0.1) is 0 Å². The quantitative estimate of drug-likeness (QED) is 0.766. The van der Waals surface area contributed by atoms with Gasteiger partial charge < -0.3 is 4.74 Å². The van der Waals surface area contributed by atoms with Gasteiger partial charge in [0.25, 0.3) is 0 Å². The number of ketones is 1. The summed E-state index contributed by atoms with van der Waals surface area (Å²) >= 11 is 0. The standard InChI is InChI=1S/C17H20O2/c1-11-10-15(17(19-4)12(11)2)13(3)16(18)14-8-6-5-7-9-14/h5-10,13,17H,1-4H3. The maximum atomic E-state index is 12.5. The number of Topliss-reactive ketones (excluding diaryl/α,β-unsaturated/α-hetero) is 1. The van der Waals surface area contributed by atoms with Crippen molar-refractivity contribution in [2.45, 2.75) is 26.9 Å². The molecule has 2 unspecified atom stereocenters. The van der Waals surface area contributed by atoms with E-state index in [1.165, 1.54) is 11.1 Å². The molecule has 2 heteroatoms. The van der Waals surface area contributed by atoms with E-state index in [1.807, 2.05) is 37.3 Å². The van der Waals surface area contributed by atoms with E-state index in [4.69, 9.17) is 4.74 Å². The zero-order valence-electron chi connectivity index (χ0n) is 11.9. The molecule has 0 amide bonds. The molecule has 2 rings (SSSR count). The Balaban J connectivity index is 2.24. The normalized spacial score (nSPS) is 20.4. The molecule has 2 atom stereocenters. The smallest absolute Gasteiger partial charge is 0.169 e. The summed E-state index contributed by atoms with van der Waals surface area (Å²) in [6, 6.07) is 9.44. The maximum Gasteiger partial charge on any atom is 0.169 e. The van der Waals surface area contributed by atoms with Gasteiger partial charge in [-0.25, -0.2) is 0 Å². The van der Waals surface area contributed by atoms with Gasteiger partial charge >= 0.3 is 0 Å². The van der Waals surface area contributed by atoms with Gasteiger partial charge in [-0.2, -0.15) is 0 Å². The summed E-state index contributed by atoms with van der Waals surface area (Å²) in [5.74, 6) is -0.00356. The fourth-order valence-corrected chi connectivity index (χ4v) is 2.57. The van der Waals surface area contributed by atoms with Gasteiger partial charge in [-0.05, 0) is 30.6 Å². The summed E-state index contributed by atoms with van der Waals surface area (Å²) < 4.78 is 5.54. The second-order valence-corrected chi connectivity index (χ2v) is 5.08. The molecular weight excluding hydrogens is 236 g/mol. The van der Waals surface area contributed by atoms with Crippen molar-refractivity contribution in [3.05, 3.63) is 58.7 Å². The number of benzene rings is 1. The Morgan fingerprint density at radius 3 is 2.42 bits per heavy atom. The lowest BCUT2D eigenvalue weighted by atomic mass is 9.89. The number of hydrogen-bond acceptors (Lipinski definition) is 2. The van der Waals surface area contributed by atoms with E-state index in [2.05, 4.69) is 19.9 Å². The van der Waals surface area contributed by atoms with Crippen molar-refractivity contribution in [3.63, 3.8) is 0 Å². The molecule has 0 saturated heterocycles. The Morgan fingerprint density at radius 2 is 1.84 bits per heavy atom. The predicted octanol–water partition coefficient (Wildman–Crippen LogP) is 3.80. The van der Waals surface area contributed by atoms with Crippen LogP contribution in [0.5, 0.6) is 0 Å². The highest BCUT2D eigenvalue weighted by Crippen LogP contribution is 2.33. The van der Waals surface area contributed by atoms with Crippen LogP contribution in [-0.4, -0.2) is 19.0 Å². The molecule has 1 aliphatic carbocycles. The molecule has 0 fully saturated rings. The molecule has 0 heterocycles. The number of carbonyl (C=O) groups excluding carboxylic acids is 1. The molecule has 1 aromatic carbocycles. The van der Waals surface area contributed by atoms with Crippen molar-refractivity contribution in [2.75, 3.05) is 7.11 Å². The van der Waals surface area contributed by atoms with Crippen LogP contribution in [0.15, 0.2) is 53.1 Å². The van der Waals surface area contributed by atoms with Crippen LogP contribution < -0.4 is 0 Å². The predicted molar refractivity (Wildman–Crippen MR) is 77.2 cm³/mol. The number of ether oxygens (including phenoxy) is 1. The molecule has 2 nitrogen and oxygen atoms in total. The molecule has 0 radical (unpaired) electrons. The second kappa shape index (κ2) is 5.54. The van der Waals surface area contributed by atoms with E-state index in [9.17, 15) is 4.79 Å². The van der Waals surface area contributed by atoms with Crippen molar-refractivity contribution in [3.8, 4) is 0 Å². The van der Waals surface area contributed by atoms with Crippen LogP contribution in [0, 0.1) is 5.92 Å². The van der Waals surface area contributed by atoms with Gasteiger partial charge in [-0.1, -0.05) is 43.3 Å². The summed E-state index contributed by atoms with van der Waals surface area (Å²) in [6.45, 7) is 6.08. The van der Waals surface area contributed by atoms with Crippen LogP contribution in [0.4, 0.5) is 0 Å². The van der Waals surface area contributed by atoms with Crippen molar-refractivity contribution in [2.24, 2.45) is 5.92 Å². The zero-order valence-corrected chi connectivity index (χ0v) is 11.9. The average molecular weight is 256 g/mol. The summed E-state index contributed by atoms with van der Waals surface area (Å²) in [5.41, 5.74) is 4.22. The van der Waals surface area contributed by atoms with E-state index >= 15 is 0 Å². The largest absolute Gasteiger partial charge is 0.373 e. The van der Waals surface area contributed by atoms with E-state index in [0.29, 0.717) is 0 Å². The van der Waals surface area contributed by atoms with Crippen LogP contribution in [0.1, 0.15) is 31.1 Å². The summed E-state index contributed by atoms with van der Waals surface area (Å²) in [5, 5.41) is 0. The molecule has 1 aliphatic rings. The Hall–Kier alpha value is -1.67. The molecule has 100 valence electrons.